The summed E-state index contributed by atoms with van der Waals surface area (Å²) in [5, 5.41) is 0. The molecule has 0 atom stereocenters. The summed E-state index contributed by atoms with van der Waals surface area (Å²) < 4.78 is 4.86. The number of rotatable bonds is 8. The van der Waals surface area contributed by atoms with Crippen LogP contribution in [0.15, 0.2) is 18.2 Å². The van der Waals surface area contributed by atoms with Gasteiger partial charge in [0.25, 0.3) is 0 Å². The van der Waals surface area contributed by atoms with Crippen LogP contribution in [0.2, 0.25) is 0 Å². The molecule has 1 rings (SSSR count). The van der Waals surface area contributed by atoms with Crippen LogP contribution in [-0.2, 0) is 9.53 Å². The minimum atomic E-state index is -0.145. The first-order valence-electron chi connectivity index (χ1n) is 7.30. The molecule has 3 heteroatoms. The van der Waals surface area contributed by atoms with Crippen LogP contribution in [0.3, 0.4) is 0 Å². The summed E-state index contributed by atoms with van der Waals surface area (Å²) >= 11 is 0. The fourth-order valence-electron chi connectivity index (χ4n) is 2.02. The van der Waals surface area contributed by atoms with Gasteiger partial charge < -0.3 is 4.74 Å². The van der Waals surface area contributed by atoms with E-state index in [1.165, 1.54) is 5.56 Å². The molecule has 0 saturated carbocycles. The lowest BCUT2D eigenvalue weighted by molar-refractivity contribution is -0.143. The summed E-state index contributed by atoms with van der Waals surface area (Å²) in [6, 6.07) is 5.84. The Morgan fingerprint density at radius 2 is 1.70 bits per heavy atom. The smallest absolute Gasteiger partial charge is 0.305 e. The van der Waals surface area contributed by atoms with Crippen LogP contribution in [-0.4, -0.2) is 18.4 Å². The largest absolute Gasteiger partial charge is 0.466 e. The predicted molar refractivity (Wildman–Crippen MR) is 80.0 cm³/mol. The second-order valence-electron chi connectivity index (χ2n) is 5.09. The summed E-state index contributed by atoms with van der Waals surface area (Å²) in [5.41, 5.74) is 3.15. The molecular formula is C17H24O3. The Bertz CT molecular complexity index is 463. The number of ketones is 1. The molecule has 0 aliphatic rings. The normalized spacial score (nSPS) is 10.3. The Balaban J connectivity index is 2.26. The van der Waals surface area contributed by atoms with Crippen molar-refractivity contribution in [2.45, 2.75) is 52.9 Å². The number of Topliss-reactive ketones (excluding diaryl/α,β-unsaturated/α-hetero) is 1. The minimum absolute atomic E-state index is 0.145. The summed E-state index contributed by atoms with van der Waals surface area (Å²) in [6.45, 7) is 6.30. The highest BCUT2D eigenvalue weighted by Crippen LogP contribution is 2.14. The average molecular weight is 276 g/mol. The van der Waals surface area contributed by atoms with Crippen molar-refractivity contribution >= 4 is 11.8 Å². The second kappa shape index (κ2) is 8.51. The molecule has 3 nitrogen and oxygen atoms in total. The fraction of sp³-hybridized carbons (Fsp3) is 0.529. The summed E-state index contributed by atoms with van der Waals surface area (Å²) in [6.07, 6.45) is 3.50. The first kappa shape index (κ1) is 16.4. The van der Waals surface area contributed by atoms with Crippen molar-refractivity contribution in [3.05, 3.63) is 34.9 Å². The molecule has 0 saturated heterocycles. The molecule has 0 aliphatic heterocycles. The van der Waals surface area contributed by atoms with Gasteiger partial charge in [0.15, 0.2) is 5.78 Å². The van der Waals surface area contributed by atoms with E-state index in [4.69, 9.17) is 4.74 Å². The molecule has 1 aromatic carbocycles. The molecule has 0 fully saturated rings. The van der Waals surface area contributed by atoms with Crippen molar-refractivity contribution < 1.29 is 14.3 Å². The standard InChI is InChI=1S/C17H24O3/c1-4-20-17(19)9-7-5-6-8-16(18)15-11-10-13(2)14(3)12-15/h10-12H,4-9H2,1-3H3. The maximum atomic E-state index is 12.0. The molecule has 0 radical (unpaired) electrons. The number of hydrogen-bond acceptors (Lipinski definition) is 3. The molecule has 0 spiro atoms. The van der Waals surface area contributed by atoms with Crippen LogP contribution in [0.25, 0.3) is 0 Å². The monoisotopic (exact) mass is 276 g/mol. The number of carbonyl (C=O) groups excluding carboxylic acids is 2. The lowest BCUT2D eigenvalue weighted by Gasteiger charge is -2.05. The summed E-state index contributed by atoms with van der Waals surface area (Å²) in [4.78, 5) is 23.2. The third-order valence-electron chi connectivity index (χ3n) is 3.42. The maximum absolute atomic E-state index is 12.0. The molecule has 0 aromatic heterocycles. The van der Waals surface area contributed by atoms with Crippen molar-refractivity contribution in [3.8, 4) is 0 Å². The first-order chi connectivity index (χ1) is 9.54. The van der Waals surface area contributed by atoms with Gasteiger partial charge in [-0.2, -0.15) is 0 Å². The number of aryl methyl sites for hydroxylation is 2. The van der Waals surface area contributed by atoms with Gasteiger partial charge in [0.2, 0.25) is 0 Å². The highest BCUT2D eigenvalue weighted by molar-refractivity contribution is 5.96. The summed E-state index contributed by atoms with van der Waals surface area (Å²) in [7, 11) is 0. The van der Waals surface area contributed by atoms with Crippen molar-refractivity contribution in [2.24, 2.45) is 0 Å². The molecule has 110 valence electrons. The number of carbonyl (C=O) groups is 2. The van der Waals surface area contributed by atoms with Crippen molar-refractivity contribution in [2.75, 3.05) is 6.61 Å². The van der Waals surface area contributed by atoms with E-state index in [0.29, 0.717) is 19.4 Å². The van der Waals surface area contributed by atoms with Crippen LogP contribution in [0.1, 0.15) is 60.5 Å². The van der Waals surface area contributed by atoms with E-state index in [0.717, 1.165) is 30.4 Å². The fourth-order valence-corrected chi connectivity index (χ4v) is 2.02. The van der Waals surface area contributed by atoms with E-state index < -0.39 is 0 Å². The van der Waals surface area contributed by atoms with Gasteiger partial charge in [0, 0.05) is 18.4 Å². The van der Waals surface area contributed by atoms with Gasteiger partial charge in [-0.3, -0.25) is 9.59 Å². The van der Waals surface area contributed by atoms with Crippen LogP contribution in [0.4, 0.5) is 0 Å². The van der Waals surface area contributed by atoms with Gasteiger partial charge in [0.1, 0.15) is 0 Å². The molecule has 0 N–H and O–H groups in total. The Morgan fingerprint density at radius 1 is 1.00 bits per heavy atom. The third kappa shape index (κ3) is 5.55. The van der Waals surface area contributed by atoms with E-state index in [1.54, 1.807) is 6.92 Å². The van der Waals surface area contributed by atoms with Crippen LogP contribution >= 0.6 is 0 Å². The van der Waals surface area contributed by atoms with Gasteiger partial charge in [-0.15, -0.1) is 0 Å². The van der Waals surface area contributed by atoms with E-state index in [-0.39, 0.29) is 11.8 Å². The van der Waals surface area contributed by atoms with Crippen LogP contribution in [0, 0.1) is 13.8 Å². The molecule has 20 heavy (non-hydrogen) atoms. The van der Waals surface area contributed by atoms with E-state index in [9.17, 15) is 9.59 Å². The second-order valence-corrected chi connectivity index (χ2v) is 5.09. The van der Waals surface area contributed by atoms with Crippen molar-refractivity contribution in [1.29, 1.82) is 0 Å². The molecule has 0 heterocycles. The minimum Gasteiger partial charge on any atom is -0.466 e. The van der Waals surface area contributed by atoms with Crippen molar-refractivity contribution in [1.82, 2.24) is 0 Å². The van der Waals surface area contributed by atoms with E-state index in [2.05, 4.69) is 0 Å². The lowest BCUT2D eigenvalue weighted by Crippen LogP contribution is -2.04. The molecule has 0 amide bonds. The van der Waals surface area contributed by atoms with Gasteiger partial charge in [0.05, 0.1) is 6.61 Å². The average Bonchev–Trinajstić information content (AvgIpc) is 2.41. The summed E-state index contributed by atoms with van der Waals surface area (Å²) in [5.74, 6) is 0.0391. The van der Waals surface area contributed by atoms with Crippen molar-refractivity contribution in [3.63, 3.8) is 0 Å². The molecule has 0 bridgehead atoms. The first-order valence-corrected chi connectivity index (χ1v) is 7.30. The van der Waals surface area contributed by atoms with Gasteiger partial charge in [-0.1, -0.05) is 18.6 Å². The van der Waals surface area contributed by atoms with E-state index in [1.807, 2.05) is 32.0 Å². The Labute approximate surface area is 121 Å². The topological polar surface area (TPSA) is 43.4 Å². The van der Waals surface area contributed by atoms with Gasteiger partial charge in [-0.05, 0) is 50.8 Å². The molecule has 0 aliphatic carbocycles. The van der Waals surface area contributed by atoms with Gasteiger partial charge >= 0.3 is 5.97 Å². The SMILES string of the molecule is CCOC(=O)CCCCCC(=O)c1ccc(C)c(C)c1. The van der Waals surface area contributed by atoms with Crippen LogP contribution in [0.5, 0.6) is 0 Å². The zero-order valence-electron chi connectivity index (χ0n) is 12.7. The zero-order chi connectivity index (χ0) is 15.0. The van der Waals surface area contributed by atoms with Crippen LogP contribution < -0.4 is 0 Å². The number of esters is 1. The number of hydrogen-bond donors (Lipinski definition) is 0. The third-order valence-corrected chi connectivity index (χ3v) is 3.42. The highest BCUT2D eigenvalue weighted by atomic mass is 16.5. The number of unbranched alkanes of at least 4 members (excludes halogenated alkanes) is 2. The molecular weight excluding hydrogens is 252 g/mol. The molecule has 0 unspecified atom stereocenters. The number of benzene rings is 1. The maximum Gasteiger partial charge on any atom is 0.305 e. The Kier molecular flexibility index (Phi) is 6.99. The Morgan fingerprint density at radius 3 is 2.35 bits per heavy atom. The lowest BCUT2D eigenvalue weighted by atomic mass is 10.00. The number of ether oxygens (including phenoxy) is 1. The quantitative estimate of drug-likeness (QED) is 0.409. The predicted octanol–water partition coefficient (Wildman–Crippen LogP) is 4.00. The Hall–Kier alpha value is -1.64. The van der Waals surface area contributed by atoms with Gasteiger partial charge in [-0.25, -0.2) is 0 Å². The molecule has 1 aromatic rings. The highest BCUT2D eigenvalue weighted by Gasteiger charge is 2.07. The zero-order valence-corrected chi connectivity index (χ0v) is 12.7. The van der Waals surface area contributed by atoms with E-state index >= 15 is 0 Å².